The molecule has 1 fully saturated rings. The van der Waals surface area contributed by atoms with Crippen molar-refractivity contribution in [2.24, 2.45) is 0 Å². The summed E-state index contributed by atoms with van der Waals surface area (Å²) in [6.45, 7) is 5.09. The Morgan fingerprint density at radius 3 is 2.60 bits per heavy atom. The second-order valence-corrected chi connectivity index (χ2v) is 6.74. The predicted molar refractivity (Wildman–Crippen MR) is 97.3 cm³/mol. The van der Waals surface area contributed by atoms with Crippen LogP contribution in [-0.2, 0) is 5.60 Å². The molecule has 0 unspecified atom stereocenters. The maximum absolute atomic E-state index is 12.0. The van der Waals surface area contributed by atoms with Gasteiger partial charge in [0.1, 0.15) is 0 Å². The smallest absolute Gasteiger partial charge is 0.252 e. The lowest BCUT2D eigenvalue weighted by Crippen LogP contribution is -2.45. The van der Waals surface area contributed by atoms with Crippen LogP contribution in [0.3, 0.4) is 0 Å². The number of aliphatic hydroxyl groups is 1. The van der Waals surface area contributed by atoms with Crippen LogP contribution in [0.25, 0.3) is 0 Å². The van der Waals surface area contributed by atoms with Gasteiger partial charge in [-0.1, -0.05) is 29.8 Å². The van der Waals surface area contributed by atoms with Gasteiger partial charge in [0.15, 0.2) is 0 Å². The van der Waals surface area contributed by atoms with Crippen molar-refractivity contribution in [2.75, 3.05) is 26.2 Å². The van der Waals surface area contributed by atoms with E-state index >= 15 is 0 Å². The molecule has 1 aliphatic rings. The maximum atomic E-state index is 12.0. The van der Waals surface area contributed by atoms with Crippen molar-refractivity contribution in [3.63, 3.8) is 0 Å². The lowest BCUT2D eigenvalue weighted by molar-refractivity contribution is -0.0255. The van der Waals surface area contributed by atoms with E-state index in [9.17, 15) is 9.90 Å². The maximum Gasteiger partial charge on any atom is 0.252 e. The van der Waals surface area contributed by atoms with E-state index in [1.54, 1.807) is 24.5 Å². The van der Waals surface area contributed by atoms with Gasteiger partial charge in [0.2, 0.25) is 0 Å². The van der Waals surface area contributed by atoms with Crippen molar-refractivity contribution in [1.29, 1.82) is 0 Å². The van der Waals surface area contributed by atoms with Crippen LogP contribution in [0.4, 0.5) is 0 Å². The molecule has 25 heavy (non-hydrogen) atoms. The molecule has 0 spiro atoms. The number of aryl methyl sites for hydroxylation is 1. The van der Waals surface area contributed by atoms with Crippen LogP contribution in [-0.4, -0.2) is 47.1 Å². The number of carbonyl (C=O) groups excluding carboxylic acids is 1. The number of pyridine rings is 1. The average molecular weight is 339 g/mol. The molecule has 2 N–H and O–H groups in total. The number of hydrogen-bond donors (Lipinski definition) is 2. The number of benzene rings is 1. The SMILES string of the molecule is Cc1ccc(C2(O)CCN(CCNC(=O)c3cccnc3)CC2)cc1. The molecular weight excluding hydrogens is 314 g/mol. The van der Waals surface area contributed by atoms with Gasteiger partial charge in [0.05, 0.1) is 11.2 Å². The molecular formula is C20H25N3O2. The molecule has 0 radical (unpaired) electrons. The van der Waals surface area contributed by atoms with Crippen LogP contribution in [0.1, 0.15) is 34.3 Å². The van der Waals surface area contributed by atoms with Gasteiger partial charge >= 0.3 is 0 Å². The van der Waals surface area contributed by atoms with Gasteiger partial charge in [0, 0.05) is 38.6 Å². The molecule has 3 rings (SSSR count). The summed E-state index contributed by atoms with van der Waals surface area (Å²) in [6, 6.07) is 11.7. The van der Waals surface area contributed by atoms with Crippen molar-refractivity contribution in [3.05, 3.63) is 65.5 Å². The van der Waals surface area contributed by atoms with E-state index in [1.165, 1.54) is 5.56 Å². The summed E-state index contributed by atoms with van der Waals surface area (Å²) in [7, 11) is 0. The summed E-state index contributed by atoms with van der Waals surface area (Å²) < 4.78 is 0. The fraction of sp³-hybridized carbons (Fsp3) is 0.400. The first-order valence-corrected chi connectivity index (χ1v) is 8.77. The third kappa shape index (κ3) is 4.44. The number of hydrogen-bond acceptors (Lipinski definition) is 4. The lowest BCUT2D eigenvalue weighted by Gasteiger charge is -2.38. The van der Waals surface area contributed by atoms with Gasteiger partial charge in [-0.2, -0.15) is 0 Å². The molecule has 1 aromatic carbocycles. The fourth-order valence-corrected chi connectivity index (χ4v) is 3.23. The number of nitrogens with one attached hydrogen (secondary N) is 1. The Kier molecular flexibility index (Phi) is 5.46. The van der Waals surface area contributed by atoms with Crippen LogP contribution in [0.5, 0.6) is 0 Å². The number of piperidine rings is 1. The van der Waals surface area contributed by atoms with E-state index in [0.717, 1.165) is 25.2 Å². The van der Waals surface area contributed by atoms with Crippen molar-refractivity contribution < 1.29 is 9.90 Å². The first-order chi connectivity index (χ1) is 12.1. The Morgan fingerprint density at radius 2 is 1.96 bits per heavy atom. The van der Waals surface area contributed by atoms with Crippen LogP contribution in [0, 0.1) is 6.92 Å². The third-order valence-corrected chi connectivity index (χ3v) is 4.91. The van der Waals surface area contributed by atoms with E-state index in [4.69, 9.17) is 0 Å². The highest BCUT2D eigenvalue weighted by Gasteiger charge is 2.33. The first-order valence-electron chi connectivity index (χ1n) is 8.77. The molecule has 132 valence electrons. The molecule has 2 aromatic rings. The fourth-order valence-electron chi connectivity index (χ4n) is 3.23. The van der Waals surface area contributed by atoms with Crippen molar-refractivity contribution in [3.8, 4) is 0 Å². The number of likely N-dealkylation sites (tertiary alicyclic amines) is 1. The van der Waals surface area contributed by atoms with E-state index in [0.29, 0.717) is 24.9 Å². The molecule has 1 saturated heterocycles. The predicted octanol–water partition coefficient (Wildman–Crippen LogP) is 2.10. The van der Waals surface area contributed by atoms with Gasteiger partial charge in [-0.15, -0.1) is 0 Å². The average Bonchev–Trinajstić information content (AvgIpc) is 2.64. The van der Waals surface area contributed by atoms with Crippen LogP contribution >= 0.6 is 0 Å². The largest absolute Gasteiger partial charge is 0.385 e. The van der Waals surface area contributed by atoms with Gasteiger partial charge in [-0.25, -0.2) is 0 Å². The Morgan fingerprint density at radius 1 is 1.24 bits per heavy atom. The lowest BCUT2D eigenvalue weighted by atomic mass is 9.84. The second-order valence-electron chi connectivity index (χ2n) is 6.74. The summed E-state index contributed by atoms with van der Waals surface area (Å²) in [5.41, 5.74) is 2.05. The Balaban J connectivity index is 1.45. The zero-order chi connectivity index (χ0) is 17.7. The topological polar surface area (TPSA) is 65.5 Å². The minimum atomic E-state index is -0.733. The molecule has 1 aromatic heterocycles. The Labute approximate surface area is 148 Å². The summed E-state index contributed by atoms with van der Waals surface area (Å²) in [5, 5.41) is 13.8. The molecule has 1 amide bonds. The molecule has 0 aliphatic carbocycles. The zero-order valence-electron chi connectivity index (χ0n) is 14.6. The number of nitrogens with zero attached hydrogens (tertiary/aromatic N) is 2. The zero-order valence-corrected chi connectivity index (χ0v) is 14.6. The number of rotatable bonds is 5. The standard InChI is InChI=1S/C20H25N3O2/c1-16-4-6-18(7-5-16)20(25)8-12-23(13-9-20)14-11-22-19(24)17-3-2-10-21-15-17/h2-7,10,15,25H,8-9,11-14H2,1H3,(H,22,24). The van der Waals surface area contributed by atoms with E-state index in [-0.39, 0.29) is 5.91 Å². The van der Waals surface area contributed by atoms with E-state index in [2.05, 4.69) is 22.1 Å². The number of amides is 1. The van der Waals surface area contributed by atoms with E-state index < -0.39 is 5.60 Å². The summed E-state index contributed by atoms with van der Waals surface area (Å²) in [5.74, 6) is -0.0960. The van der Waals surface area contributed by atoms with Gasteiger partial charge in [-0.3, -0.25) is 9.78 Å². The minimum absolute atomic E-state index is 0.0960. The van der Waals surface area contributed by atoms with Crippen LogP contribution in [0.15, 0.2) is 48.8 Å². The summed E-state index contributed by atoms with van der Waals surface area (Å²) in [6.07, 6.45) is 4.65. The molecule has 0 saturated carbocycles. The second kappa shape index (κ2) is 7.76. The Hall–Kier alpha value is -2.24. The van der Waals surface area contributed by atoms with Crippen molar-refractivity contribution >= 4 is 5.91 Å². The van der Waals surface area contributed by atoms with Crippen LogP contribution in [0.2, 0.25) is 0 Å². The Bertz CT molecular complexity index is 693. The monoisotopic (exact) mass is 339 g/mol. The number of carbonyl (C=O) groups is 1. The molecule has 0 bridgehead atoms. The van der Waals surface area contributed by atoms with Crippen LogP contribution < -0.4 is 5.32 Å². The highest BCUT2D eigenvalue weighted by molar-refractivity contribution is 5.93. The molecule has 1 aliphatic heterocycles. The third-order valence-electron chi connectivity index (χ3n) is 4.91. The van der Waals surface area contributed by atoms with Gasteiger partial charge in [-0.05, 0) is 37.5 Å². The normalized spacial score (nSPS) is 17.2. The summed E-state index contributed by atoms with van der Waals surface area (Å²) >= 11 is 0. The molecule has 0 atom stereocenters. The molecule has 2 heterocycles. The van der Waals surface area contributed by atoms with Crippen molar-refractivity contribution in [2.45, 2.75) is 25.4 Å². The minimum Gasteiger partial charge on any atom is -0.385 e. The number of aromatic nitrogens is 1. The highest BCUT2D eigenvalue weighted by Crippen LogP contribution is 2.32. The van der Waals surface area contributed by atoms with Gasteiger partial charge in [0.25, 0.3) is 5.91 Å². The molecule has 5 nitrogen and oxygen atoms in total. The molecule has 5 heteroatoms. The van der Waals surface area contributed by atoms with Gasteiger partial charge < -0.3 is 15.3 Å². The quantitative estimate of drug-likeness (QED) is 0.876. The summed E-state index contributed by atoms with van der Waals surface area (Å²) in [4.78, 5) is 18.2. The van der Waals surface area contributed by atoms with E-state index in [1.807, 2.05) is 24.3 Å². The highest BCUT2D eigenvalue weighted by atomic mass is 16.3. The first kappa shape index (κ1) is 17.6. The van der Waals surface area contributed by atoms with Crippen molar-refractivity contribution in [1.82, 2.24) is 15.2 Å².